The number of benzene rings is 2. The Labute approximate surface area is 166 Å². The molecule has 2 aromatic rings. The normalized spacial score (nSPS) is 14.3. The van der Waals surface area contributed by atoms with Gasteiger partial charge in [-0.15, -0.1) is 11.8 Å². The van der Waals surface area contributed by atoms with Crippen molar-refractivity contribution in [2.45, 2.75) is 55.8 Å². The van der Waals surface area contributed by atoms with E-state index in [0.29, 0.717) is 24.2 Å². The van der Waals surface area contributed by atoms with Crippen molar-refractivity contribution in [2.24, 2.45) is 0 Å². The van der Waals surface area contributed by atoms with E-state index in [2.05, 4.69) is 6.08 Å². The molecule has 0 aliphatic carbocycles. The van der Waals surface area contributed by atoms with Crippen molar-refractivity contribution in [1.29, 1.82) is 0 Å². The van der Waals surface area contributed by atoms with Crippen LogP contribution in [0.2, 0.25) is 0 Å². The second-order valence-electron chi connectivity index (χ2n) is 7.33. The highest BCUT2D eigenvalue weighted by atomic mass is 32.2. The largest absolute Gasteiger partial charge is 0.497 e. The Bertz CT molecular complexity index is 752. The minimum Gasteiger partial charge on any atom is -0.497 e. The third-order valence-corrected chi connectivity index (χ3v) is 5.68. The van der Waals surface area contributed by atoms with Crippen molar-refractivity contribution in [3.63, 3.8) is 0 Å². The summed E-state index contributed by atoms with van der Waals surface area (Å²) in [5, 5.41) is 10.7. The predicted octanol–water partition coefficient (Wildman–Crippen LogP) is 6.56. The molecule has 0 fully saturated rings. The second-order valence-corrected chi connectivity index (χ2v) is 8.60. The van der Waals surface area contributed by atoms with Crippen molar-refractivity contribution in [1.82, 2.24) is 0 Å². The van der Waals surface area contributed by atoms with Crippen molar-refractivity contribution in [3.05, 3.63) is 71.6 Å². The van der Waals surface area contributed by atoms with Crippen LogP contribution in [0, 0.1) is 5.82 Å². The molecule has 2 aromatic carbocycles. The number of thioether (sulfide) groups is 1. The number of ether oxygens (including phenoxy) is 1. The number of allylic oxidation sites excluding steroid dienone is 2. The maximum Gasteiger partial charge on any atom is 0.127 e. The number of hydrogen-bond acceptors (Lipinski definition) is 3. The topological polar surface area (TPSA) is 29.5 Å². The van der Waals surface area contributed by atoms with E-state index in [9.17, 15) is 9.50 Å². The van der Waals surface area contributed by atoms with Gasteiger partial charge in [0, 0.05) is 15.7 Å². The van der Waals surface area contributed by atoms with E-state index in [-0.39, 0.29) is 11.1 Å². The van der Waals surface area contributed by atoms with Gasteiger partial charge in [0.1, 0.15) is 11.6 Å². The molecule has 2 nitrogen and oxygen atoms in total. The summed E-state index contributed by atoms with van der Waals surface area (Å²) in [5.74, 6) is 0.346. The Balaban J connectivity index is 2.28. The molecule has 2 rings (SSSR count). The van der Waals surface area contributed by atoms with Crippen LogP contribution >= 0.6 is 11.8 Å². The Hall–Kier alpha value is -1.78. The SMILES string of the molecule is COc1ccc(F)c(C(C[C@](C)(O)CCC=C(C)C)Sc2ccccc2)c1. The summed E-state index contributed by atoms with van der Waals surface area (Å²) in [6.07, 6.45) is 4.02. The molecular formula is C23H29FO2S. The monoisotopic (exact) mass is 388 g/mol. The van der Waals surface area contributed by atoms with Crippen LogP contribution in [0.3, 0.4) is 0 Å². The van der Waals surface area contributed by atoms with Gasteiger partial charge in [0.15, 0.2) is 0 Å². The summed E-state index contributed by atoms with van der Waals surface area (Å²) in [7, 11) is 1.58. The van der Waals surface area contributed by atoms with Crippen molar-refractivity contribution < 1.29 is 14.2 Å². The minimum atomic E-state index is -0.895. The van der Waals surface area contributed by atoms with Crippen LogP contribution in [0.5, 0.6) is 5.75 Å². The Morgan fingerprint density at radius 3 is 2.56 bits per heavy atom. The van der Waals surface area contributed by atoms with E-state index in [4.69, 9.17) is 4.74 Å². The van der Waals surface area contributed by atoms with Crippen molar-refractivity contribution >= 4 is 11.8 Å². The van der Waals surface area contributed by atoms with E-state index in [1.54, 1.807) is 31.0 Å². The molecule has 0 amide bonds. The van der Waals surface area contributed by atoms with Gasteiger partial charge in [-0.25, -0.2) is 4.39 Å². The Morgan fingerprint density at radius 2 is 1.93 bits per heavy atom. The molecule has 1 unspecified atom stereocenters. The predicted molar refractivity (Wildman–Crippen MR) is 112 cm³/mol. The lowest BCUT2D eigenvalue weighted by Gasteiger charge is -2.29. The van der Waals surface area contributed by atoms with E-state index in [1.807, 2.05) is 51.1 Å². The third-order valence-electron chi connectivity index (χ3n) is 4.43. The summed E-state index contributed by atoms with van der Waals surface area (Å²) in [5.41, 5.74) is 0.902. The summed E-state index contributed by atoms with van der Waals surface area (Å²) >= 11 is 1.57. The summed E-state index contributed by atoms with van der Waals surface area (Å²) in [6.45, 7) is 5.94. The molecule has 0 aromatic heterocycles. The summed E-state index contributed by atoms with van der Waals surface area (Å²) in [4.78, 5) is 1.05. The van der Waals surface area contributed by atoms with Crippen LogP contribution in [-0.4, -0.2) is 17.8 Å². The summed E-state index contributed by atoms with van der Waals surface area (Å²) in [6, 6.07) is 14.7. The zero-order valence-corrected chi connectivity index (χ0v) is 17.4. The smallest absolute Gasteiger partial charge is 0.127 e. The fourth-order valence-corrected chi connectivity index (χ4v) is 4.34. The van der Waals surface area contributed by atoms with Crippen LogP contribution in [0.1, 0.15) is 50.8 Å². The quantitative estimate of drug-likeness (QED) is 0.390. The molecule has 4 heteroatoms. The van der Waals surface area contributed by atoms with E-state index in [0.717, 1.165) is 11.3 Å². The number of halogens is 1. The average Bonchev–Trinajstić information content (AvgIpc) is 2.62. The van der Waals surface area contributed by atoms with Gasteiger partial charge < -0.3 is 9.84 Å². The molecule has 0 heterocycles. The molecule has 1 N–H and O–H groups in total. The first-order chi connectivity index (χ1) is 12.8. The third kappa shape index (κ3) is 7.04. The minimum absolute atomic E-state index is 0.218. The van der Waals surface area contributed by atoms with Gasteiger partial charge in [0.05, 0.1) is 12.7 Å². The molecule has 2 atom stereocenters. The van der Waals surface area contributed by atoms with E-state index >= 15 is 0 Å². The summed E-state index contributed by atoms with van der Waals surface area (Å²) < 4.78 is 19.9. The van der Waals surface area contributed by atoms with E-state index < -0.39 is 5.60 Å². The first-order valence-electron chi connectivity index (χ1n) is 9.21. The lowest BCUT2D eigenvalue weighted by Crippen LogP contribution is -2.26. The van der Waals surface area contributed by atoms with Gasteiger partial charge in [-0.1, -0.05) is 29.8 Å². The number of hydrogen-bond donors (Lipinski definition) is 1. The average molecular weight is 389 g/mol. The number of aliphatic hydroxyl groups is 1. The molecule has 146 valence electrons. The first kappa shape index (κ1) is 21.5. The standard InChI is InChI=1S/C23H29FO2S/c1-17(2)9-8-14-23(3,25)16-22(27-19-10-6-5-7-11-19)20-15-18(26-4)12-13-21(20)24/h5-7,9-13,15,22,25H,8,14,16H2,1-4H3/t22?,23-/m1/s1. The van der Waals surface area contributed by atoms with Gasteiger partial charge >= 0.3 is 0 Å². The van der Waals surface area contributed by atoms with Gasteiger partial charge in [0.2, 0.25) is 0 Å². The van der Waals surface area contributed by atoms with Crippen molar-refractivity contribution in [2.75, 3.05) is 7.11 Å². The van der Waals surface area contributed by atoms with Gasteiger partial charge in [0.25, 0.3) is 0 Å². The Morgan fingerprint density at radius 1 is 1.22 bits per heavy atom. The fraction of sp³-hybridized carbons (Fsp3) is 0.391. The molecule has 27 heavy (non-hydrogen) atoms. The van der Waals surface area contributed by atoms with Crippen LogP contribution in [0.15, 0.2) is 65.1 Å². The van der Waals surface area contributed by atoms with E-state index in [1.165, 1.54) is 11.6 Å². The van der Waals surface area contributed by atoms with Gasteiger partial charge in [-0.3, -0.25) is 0 Å². The highest BCUT2D eigenvalue weighted by molar-refractivity contribution is 7.99. The van der Waals surface area contributed by atoms with Crippen LogP contribution in [-0.2, 0) is 0 Å². The lowest BCUT2D eigenvalue weighted by atomic mass is 9.91. The zero-order chi connectivity index (χ0) is 19.9. The molecule has 0 radical (unpaired) electrons. The highest BCUT2D eigenvalue weighted by Gasteiger charge is 2.28. The molecule has 0 spiro atoms. The van der Waals surface area contributed by atoms with Gasteiger partial charge in [-0.05, 0) is 70.4 Å². The molecule has 0 saturated heterocycles. The van der Waals surface area contributed by atoms with Crippen LogP contribution < -0.4 is 4.74 Å². The maximum atomic E-state index is 14.6. The highest BCUT2D eigenvalue weighted by Crippen LogP contribution is 2.43. The molecular weight excluding hydrogens is 359 g/mol. The number of rotatable bonds is 9. The first-order valence-corrected chi connectivity index (χ1v) is 10.1. The number of methoxy groups -OCH3 is 1. The maximum absolute atomic E-state index is 14.6. The molecule has 0 aliphatic rings. The van der Waals surface area contributed by atoms with Crippen LogP contribution in [0.4, 0.5) is 4.39 Å². The van der Waals surface area contributed by atoms with Crippen molar-refractivity contribution in [3.8, 4) is 5.75 Å². The lowest BCUT2D eigenvalue weighted by molar-refractivity contribution is 0.0423. The molecule has 0 saturated carbocycles. The molecule has 0 aliphatic heterocycles. The molecule has 0 bridgehead atoms. The van der Waals surface area contributed by atoms with Gasteiger partial charge in [-0.2, -0.15) is 0 Å². The second kappa shape index (κ2) is 9.95. The Kier molecular flexibility index (Phi) is 7.93. The van der Waals surface area contributed by atoms with Crippen LogP contribution in [0.25, 0.3) is 0 Å². The zero-order valence-electron chi connectivity index (χ0n) is 16.5. The fourth-order valence-electron chi connectivity index (χ4n) is 2.95.